The number of nitrogens with one attached hydrogen (secondary N) is 1. The molecule has 1 N–H and O–H groups in total. The van der Waals surface area contributed by atoms with Crippen molar-refractivity contribution in [2.45, 2.75) is 13.0 Å². The minimum Gasteiger partial charge on any atom is -0.301 e. The van der Waals surface area contributed by atoms with Gasteiger partial charge >= 0.3 is 0 Å². The van der Waals surface area contributed by atoms with Crippen LogP contribution in [0.1, 0.15) is 16.5 Å². The molecule has 1 atom stereocenters. The average Bonchev–Trinajstić information content (AvgIpc) is 2.40. The summed E-state index contributed by atoms with van der Waals surface area (Å²) >= 11 is 1.62. The van der Waals surface area contributed by atoms with Gasteiger partial charge in [-0.25, -0.2) is 0 Å². The summed E-state index contributed by atoms with van der Waals surface area (Å²) < 4.78 is 0. The maximum Gasteiger partial charge on any atom is 0.130 e. The van der Waals surface area contributed by atoms with E-state index >= 15 is 0 Å². The second-order valence-electron chi connectivity index (χ2n) is 2.32. The molecule has 0 aliphatic carbocycles. The highest BCUT2D eigenvalue weighted by Crippen LogP contribution is 2.22. The Bertz CT molecular complexity index is 272. The highest BCUT2D eigenvalue weighted by atomic mass is 32.1. The predicted octanol–water partition coefficient (Wildman–Crippen LogP) is 1.84. The molecule has 0 saturated heterocycles. The molecule has 2 nitrogen and oxygen atoms in total. The predicted molar refractivity (Wildman–Crippen MR) is 46.5 cm³/mol. The summed E-state index contributed by atoms with van der Waals surface area (Å²) in [7, 11) is 1.80. The molecule has 1 aromatic rings. The number of aryl methyl sites for hydroxylation is 1. The second-order valence-corrected chi connectivity index (χ2v) is 3.27. The van der Waals surface area contributed by atoms with Gasteiger partial charge in [0.15, 0.2) is 0 Å². The van der Waals surface area contributed by atoms with Crippen molar-refractivity contribution in [3.63, 3.8) is 0 Å². The van der Waals surface area contributed by atoms with E-state index in [9.17, 15) is 0 Å². The molecular weight excluding hydrogens is 156 g/mol. The molecule has 0 aromatic carbocycles. The van der Waals surface area contributed by atoms with Gasteiger partial charge in [-0.15, -0.1) is 11.3 Å². The minimum absolute atomic E-state index is 0.144. The molecule has 1 rings (SSSR count). The lowest BCUT2D eigenvalue weighted by Gasteiger charge is -2.04. The minimum atomic E-state index is -0.144. The average molecular weight is 166 g/mol. The van der Waals surface area contributed by atoms with Gasteiger partial charge in [-0.2, -0.15) is 5.26 Å². The Morgan fingerprint density at radius 2 is 2.45 bits per heavy atom. The quantitative estimate of drug-likeness (QED) is 0.727. The third kappa shape index (κ3) is 1.59. The van der Waals surface area contributed by atoms with E-state index in [1.807, 2.05) is 18.4 Å². The van der Waals surface area contributed by atoms with Crippen LogP contribution >= 0.6 is 11.3 Å². The number of hydrogen-bond donors (Lipinski definition) is 1. The number of thiophene rings is 1. The Morgan fingerprint density at radius 1 is 1.73 bits per heavy atom. The van der Waals surface area contributed by atoms with Crippen LogP contribution in [0.3, 0.4) is 0 Å². The van der Waals surface area contributed by atoms with E-state index in [-0.39, 0.29) is 6.04 Å². The molecule has 0 amide bonds. The molecular formula is C8H10N2S. The Balaban J connectivity index is 2.92. The fraction of sp³-hybridized carbons (Fsp3) is 0.375. The van der Waals surface area contributed by atoms with Crippen LogP contribution in [0.15, 0.2) is 11.4 Å². The van der Waals surface area contributed by atoms with Gasteiger partial charge in [-0.3, -0.25) is 0 Å². The molecule has 0 fully saturated rings. The van der Waals surface area contributed by atoms with Crippen LogP contribution in [0.5, 0.6) is 0 Å². The zero-order valence-electron chi connectivity index (χ0n) is 6.59. The van der Waals surface area contributed by atoms with Gasteiger partial charge in [0.05, 0.1) is 6.07 Å². The molecule has 3 heteroatoms. The van der Waals surface area contributed by atoms with E-state index in [1.54, 1.807) is 18.4 Å². The lowest BCUT2D eigenvalue weighted by Crippen LogP contribution is -2.13. The zero-order chi connectivity index (χ0) is 8.27. The second kappa shape index (κ2) is 3.51. The molecule has 0 radical (unpaired) electrons. The number of hydrogen-bond acceptors (Lipinski definition) is 3. The first-order valence-corrected chi connectivity index (χ1v) is 4.28. The largest absolute Gasteiger partial charge is 0.301 e. The Kier molecular flexibility index (Phi) is 2.64. The normalized spacial score (nSPS) is 12.5. The van der Waals surface area contributed by atoms with Gasteiger partial charge < -0.3 is 5.32 Å². The van der Waals surface area contributed by atoms with E-state index in [2.05, 4.69) is 11.4 Å². The highest BCUT2D eigenvalue weighted by molar-refractivity contribution is 7.10. The molecule has 0 bridgehead atoms. The van der Waals surface area contributed by atoms with Crippen molar-refractivity contribution in [2.75, 3.05) is 7.05 Å². The summed E-state index contributed by atoms with van der Waals surface area (Å²) in [6.07, 6.45) is 0. The molecule has 1 aromatic heterocycles. The summed E-state index contributed by atoms with van der Waals surface area (Å²) in [5.41, 5.74) is 1.19. The lowest BCUT2D eigenvalue weighted by molar-refractivity contribution is 0.736. The van der Waals surface area contributed by atoms with Crippen LogP contribution in [-0.2, 0) is 0 Å². The fourth-order valence-electron chi connectivity index (χ4n) is 0.934. The molecule has 1 heterocycles. The summed E-state index contributed by atoms with van der Waals surface area (Å²) in [6, 6.07) is 4.08. The van der Waals surface area contributed by atoms with Gasteiger partial charge in [0.1, 0.15) is 6.04 Å². The summed E-state index contributed by atoms with van der Waals surface area (Å²) in [6.45, 7) is 2.02. The first kappa shape index (κ1) is 8.25. The van der Waals surface area contributed by atoms with Crippen LogP contribution in [-0.4, -0.2) is 7.05 Å². The van der Waals surface area contributed by atoms with Crippen molar-refractivity contribution in [1.82, 2.24) is 5.32 Å². The molecule has 0 aliphatic heterocycles. The summed E-state index contributed by atoms with van der Waals surface area (Å²) in [4.78, 5) is 1.12. The monoisotopic (exact) mass is 166 g/mol. The molecule has 0 spiro atoms. The third-order valence-corrected chi connectivity index (χ3v) is 2.67. The topological polar surface area (TPSA) is 35.8 Å². The number of nitrogens with zero attached hydrogens (tertiary/aromatic N) is 1. The highest BCUT2D eigenvalue weighted by Gasteiger charge is 2.10. The van der Waals surface area contributed by atoms with Gasteiger partial charge in [-0.1, -0.05) is 0 Å². The van der Waals surface area contributed by atoms with Crippen molar-refractivity contribution in [3.8, 4) is 6.07 Å². The van der Waals surface area contributed by atoms with Crippen molar-refractivity contribution in [1.29, 1.82) is 5.26 Å². The maximum absolute atomic E-state index is 8.72. The molecule has 0 aliphatic rings. The van der Waals surface area contributed by atoms with E-state index < -0.39 is 0 Å². The first-order chi connectivity index (χ1) is 5.29. The Labute approximate surface area is 70.5 Å². The number of rotatable bonds is 2. The fourth-order valence-corrected chi connectivity index (χ4v) is 1.91. The van der Waals surface area contributed by atoms with E-state index in [4.69, 9.17) is 5.26 Å². The van der Waals surface area contributed by atoms with Gasteiger partial charge in [0, 0.05) is 4.88 Å². The molecule has 58 valence electrons. The van der Waals surface area contributed by atoms with Crippen LogP contribution in [0.25, 0.3) is 0 Å². The van der Waals surface area contributed by atoms with E-state index in [0.29, 0.717) is 0 Å². The van der Waals surface area contributed by atoms with E-state index in [0.717, 1.165) is 4.88 Å². The standard InChI is InChI=1S/C8H10N2S/c1-6-3-4-11-8(6)7(5-9)10-2/h3-4,7,10H,1-2H3. The van der Waals surface area contributed by atoms with E-state index in [1.165, 1.54) is 5.56 Å². The smallest absolute Gasteiger partial charge is 0.130 e. The number of nitriles is 1. The Morgan fingerprint density at radius 3 is 2.82 bits per heavy atom. The van der Waals surface area contributed by atoms with Crippen molar-refractivity contribution in [2.24, 2.45) is 0 Å². The molecule has 1 unspecified atom stereocenters. The summed E-state index contributed by atoms with van der Waals surface area (Å²) in [5.74, 6) is 0. The molecule has 11 heavy (non-hydrogen) atoms. The van der Waals surface area contributed by atoms with Gasteiger partial charge in [0.2, 0.25) is 0 Å². The van der Waals surface area contributed by atoms with Crippen LogP contribution in [0.2, 0.25) is 0 Å². The SMILES string of the molecule is CNC(C#N)c1sccc1C. The third-order valence-electron chi connectivity index (χ3n) is 1.58. The van der Waals surface area contributed by atoms with Crippen LogP contribution in [0, 0.1) is 18.3 Å². The van der Waals surface area contributed by atoms with Crippen molar-refractivity contribution in [3.05, 3.63) is 21.9 Å². The first-order valence-electron chi connectivity index (χ1n) is 3.40. The van der Waals surface area contributed by atoms with Gasteiger partial charge in [-0.05, 0) is 31.0 Å². The van der Waals surface area contributed by atoms with Crippen LogP contribution in [0.4, 0.5) is 0 Å². The van der Waals surface area contributed by atoms with Crippen molar-refractivity contribution >= 4 is 11.3 Å². The summed E-state index contributed by atoms with van der Waals surface area (Å²) in [5, 5.41) is 13.7. The van der Waals surface area contributed by atoms with Crippen molar-refractivity contribution < 1.29 is 0 Å². The lowest BCUT2D eigenvalue weighted by atomic mass is 10.2. The van der Waals surface area contributed by atoms with Gasteiger partial charge in [0.25, 0.3) is 0 Å². The zero-order valence-corrected chi connectivity index (χ0v) is 7.40. The Hall–Kier alpha value is -0.850. The molecule has 0 saturated carbocycles. The maximum atomic E-state index is 8.72. The van der Waals surface area contributed by atoms with Crippen LogP contribution < -0.4 is 5.32 Å².